The first kappa shape index (κ1) is 17.4. The van der Waals surface area contributed by atoms with Crippen LogP contribution in [-0.2, 0) is 11.3 Å². The summed E-state index contributed by atoms with van der Waals surface area (Å²) in [5.74, 6) is -0.659. The van der Waals surface area contributed by atoms with Crippen LogP contribution in [0.3, 0.4) is 0 Å². The Hall–Kier alpha value is -0.970. The van der Waals surface area contributed by atoms with Gasteiger partial charge in [-0.1, -0.05) is 30.1 Å². The molecule has 22 heavy (non-hydrogen) atoms. The Morgan fingerprint density at radius 2 is 2.05 bits per heavy atom. The minimum atomic E-state index is -0.716. The molecule has 1 saturated heterocycles. The van der Waals surface area contributed by atoms with E-state index < -0.39 is 5.97 Å². The number of benzene rings is 1. The number of anilines is 1. The second kappa shape index (κ2) is 7.07. The summed E-state index contributed by atoms with van der Waals surface area (Å²) in [6, 6.07) is 3.64. The third-order valence-corrected chi connectivity index (χ3v) is 4.64. The minimum absolute atomic E-state index is 0.308. The Balaban J connectivity index is 2.24. The van der Waals surface area contributed by atoms with Crippen molar-refractivity contribution in [2.45, 2.75) is 19.9 Å². The zero-order chi connectivity index (χ0) is 16.4. The number of rotatable bonds is 4. The zero-order valence-electron chi connectivity index (χ0n) is 13.1. The van der Waals surface area contributed by atoms with Gasteiger partial charge in [-0.3, -0.25) is 9.69 Å². The molecular formula is C16H22Cl2N2O2. The van der Waals surface area contributed by atoms with E-state index in [9.17, 15) is 9.90 Å². The van der Waals surface area contributed by atoms with E-state index in [0.717, 1.165) is 24.2 Å². The van der Waals surface area contributed by atoms with E-state index in [1.54, 1.807) is 6.07 Å². The molecule has 122 valence electrons. The van der Waals surface area contributed by atoms with Gasteiger partial charge in [-0.05, 0) is 24.5 Å². The molecule has 0 radical (unpaired) electrons. The first-order valence-electron chi connectivity index (χ1n) is 7.38. The van der Waals surface area contributed by atoms with Crippen LogP contribution >= 0.6 is 23.2 Å². The number of hydrogen-bond acceptors (Lipinski definition) is 3. The topological polar surface area (TPSA) is 43.8 Å². The predicted molar refractivity (Wildman–Crippen MR) is 91.0 cm³/mol. The van der Waals surface area contributed by atoms with E-state index in [1.807, 2.05) is 25.1 Å². The number of nitrogens with zero attached hydrogens (tertiary/aromatic N) is 2. The highest BCUT2D eigenvalue weighted by molar-refractivity contribution is 6.35. The van der Waals surface area contributed by atoms with Crippen LogP contribution in [0.1, 0.15) is 18.9 Å². The normalized spacial score (nSPS) is 22.6. The van der Waals surface area contributed by atoms with Crippen molar-refractivity contribution in [2.75, 3.05) is 32.1 Å². The van der Waals surface area contributed by atoms with Crippen molar-refractivity contribution in [3.05, 3.63) is 27.7 Å². The van der Waals surface area contributed by atoms with Gasteiger partial charge in [0.15, 0.2) is 0 Å². The van der Waals surface area contributed by atoms with Crippen LogP contribution < -0.4 is 4.90 Å². The number of piperidine rings is 1. The number of likely N-dealkylation sites (tertiary alicyclic amines) is 1. The third kappa shape index (κ3) is 4.06. The van der Waals surface area contributed by atoms with Crippen molar-refractivity contribution in [3.63, 3.8) is 0 Å². The van der Waals surface area contributed by atoms with E-state index in [2.05, 4.69) is 11.8 Å². The molecule has 0 amide bonds. The van der Waals surface area contributed by atoms with Crippen molar-refractivity contribution < 1.29 is 9.90 Å². The lowest BCUT2D eigenvalue weighted by atomic mass is 9.90. The fourth-order valence-electron chi connectivity index (χ4n) is 3.14. The molecular weight excluding hydrogens is 323 g/mol. The molecule has 1 aromatic carbocycles. The molecule has 1 aliphatic heterocycles. The molecule has 0 spiro atoms. The lowest BCUT2D eigenvalue weighted by Crippen LogP contribution is -2.42. The average molecular weight is 345 g/mol. The smallest absolute Gasteiger partial charge is 0.307 e. The fraction of sp³-hybridized carbons (Fsp3) is 0.562. The zero-order valence-corrected chi connectivity index (χ0v) is 14.7. The van der Waals surface area contributed by atoms with Gasteiger partial charge in [0.1, 0.15) is 0 Å². The maximum Gasteiger partial charge on any atom is 0.307 e. The summed E-state index contributed by atoms with van der Waals surface area (Å²) >= 11 is 12.5. The molecule has 0 aliphatic carbocycles. The Labute approximate surface area is 141 Å². The SMILES string of the molecule is CC1CC(C(=O)O)CN(Cc2c(Cl)cc(Cl)cc2N(C)C)C1. The van der Waals surface area contributed by atoms with Crippen molar-refractivity contribution in [2.24, 2.45) is 11.8 Å². The first-order chi connectivity index (χ1) is 10.3. The van der Waals surface area contributed by atoms with Crippen LogP contribution in [0.5, 0.6) is 0 Å². The summed E-state index contributed by atoms with van der Waals surface area (Å²) in [5.41, 5.74) is 1.97. The molecule has 2 atom stereocenters. The molecule has 6 heteroatoms. The molecule has 2 unspecified atom stereocenters. The van der Waals surface area contributed by atoms with Gasteiger partial charge in [0.2, 0.25) is 0 Å². The largest absolute Gasteiger partial charge is 0.481 e. The molecule has 0 aromatic heterocycles. The third-order valence-electron chi connectivity index (χ3n) is 4.08. The quantitative estimate of drug-likeness (QED) is 0.906. The number of carbonyl (C=O) groups is 1. The highest BCUT2D eigenvalue weighted by Gasteiger charge is 2.30. The first-order valence-corrected chi connectivity index (χ1v) is 8.14. The Morgan fingerprint density at radius 1 is 1.36 bits per heavy atom. The number of hydrogen-bond donors (Lipinski definition) is 1. The van der Waals surface area contributed by atoms with Crippen molar-refractivity contribution >= 4 is 34.9 Å². The molecule has 1 fully saturated rings. The average Bonchev–Trinajstić information content (AvgIpc) is 2.40. The maximum absolute atomic E-state index is 11.3. The van der Waals surface area contributed by atoms with E-state index >= 15 is 0 Å². The number of halogens is 2. The molecule has 1 N–H and O–H groups in total. The van der Waals surface area contributed by atoms with Gasteiger partial charge in [0, 0.05) is 55.0 Å². The number of carboxylic acids is 1. The van der Waals surface area contributed by atoms with Crippen molar-refractivity contribution in [1.82, 2.24) is 4.90 Å². The summed E-state index contributed by atoms with van der Waals surface area (Å²) in [4.78, 5) is 15.5. The lowest BCUT2D eigenvalue weighted by Gasteiger charge is -2.35. The van der Waals surface area contributed by atoms with Crippen LogP contribution in [0.15, 0.2) is 12.1 Å². The fourth-order valence-corrected chi connectivity index (χ4v) is 3.68. The van der Waals surface area contributed by atoms with E-state index in [4.69, 9.17) is 23.2 Å². The highest BCUT2D eigenvalue weighted by atomic mass is 35.5. The molecule has 2 rings (SSSR count). The predicted octanol–water partition coefficient (Wildman–Crippen LogP) is 3.60. The van der Waals surface area contributed by atoms with Gasteiger partial charge in [-0.15, -0.1) is 0 Å². The Kier molecular flexibility index (Phi) is 5.59. The summed E-state index contributed by atoms with van der Waals surface area (Å²) < 4.78 is 0. The van der Waals surface area contributed by atoms with Crippen LogP contribution in [0.2, 0.25) is 10.0 Å². The van der Waals surface area contributed by atoms with E-state index in [1.165, 1.54) is 0 Å². The van der Waals surface area contributed by atoms with Gasteiger partial charge in [-0.25, -0.2) is 0 Å². The second-order valence-corrected chi connectivity index (χ2v) is 7.19. The van der Waals surface area contributed by atoms with Crippen molar-refractivity contribution in [3.8, 4) is 0 Å². The van der Waals surface area contributed by atoms with Crippen LogP contribution in [-0.4, -0.2) is 43.2 Å². The van der Waals surface area contributed by atoms with Crippen molar-refractivity contribution in [1.29, 1.82) is 0 Å². The van der Waals surface area contributed by atoms with Gasteiger partial charge >= 0.3 is 5.97 Å². The molecule has 1 aromatic rings. The van der Waals surface area contributed by atoms with E-state index in [0.29, 0.717) is 29.1 Å². The van der Waals surface area contributed by atoms with Crippen LogP contribution in [0.4, 0.5) is 5.69 Å². The lowest BCUT2D eigenvalue weighted by molar-refractivity contribution is -0.144. The van der Waals surface area contributed by atoms with Crippen LogP contribution in [0.25, 0.3) is 0 Å². The van der Waals surface area contributed by atoms with E-state index in [-0.39, 0.29) is 5.92 Å². The molecule has 0 bridgehead atoms. The highest BCUT2D eigenvalue weighted by Crippen LogP contribution is 2.33. The molecule has 1 heterocycles. The standard InChI is InChI=1S/C16H22Cl2N2O2/c1-10-4-11(16(21)22)8-20(7-10)9-13-14(18)5-12(17)6-15(13)19(2)3/h5-6,10-11H,4,7-9H2,1-3H3,(H,21,22). The summed E-state index contributed by atoms with van der Waals surface area (Å²) in [6.45, 7) is 4.18. The minimum Gasteiger partial charge on any atom is -0.481 e. The van der Waals surface area contributed by atoms with Gasteiger partial charge in [0.05, 0.1) is 5.92 Å². The second-order valence-electron chi connectivity index (χ2n) is 6.35. The summed E-state index contributed by atoms with van der Waals surface area (Å²) in [5, 5.41) is 10.5. The monoisotopic (exact) mass is 344 g/mol. The Bertz CT molecular complexity index is 563. The van der Waals surface area contributed by atoms with Crippen LogP contribution in [0, 0.1) is 11.8 Å². The number of carboxylic acid groups (broad SMARTS) is 1. The summed E-state index contributed by atoms with van der Waals surface area (Å²) in [7, 11) is 3.90. The van der Waals surface area contributed by atoms with Gasteiger partial charge in [0.25, 0.3) is 0 Å². The molecule has 4 nitrogen and oxygen atoms in total. The molecule has 1 aliphatic rings. The number of aliphatic carboxylic acids is 1. The molecule has 0 saturated carbocycles. The Morgan fingerprint density at radius 3 is 2.64 bits per heavy atom. The van der Waals surface area contributed by atoms with Gasteiger partial charge < -0.3 is 10.0 Å². The van der Waals surface area contributed by atoms with Gasteiger partial charge in [-0.2, -0.15) is 0 Å². The summed E-state index contributed by atoms with van der Waals surface area (Å²) in [6.07, 6.45) is 0.737. The maximum atomic E-state index is 11.3.